The van der Waals surface area contributed by atoms with Crippen molar-refractivity contribution in [2.24, 2.45) is 30.2 Å². The van der Waals surface area contributed by atoms with Gasteiger partial charge in [-0.2, -0.15) is 16.9 Å². The Morgan fingerprint density at radius 3 is 2.42 bits per heavy atom. The topological polar surface area (TPSA) is 41.4 Å². The van der Waals surface area contributed by atoms with Crippen molar-refractivity contribution in [3.63, 3.8) is 0 Å². The van der Waals surface area contributed by atoms with Crippen LogP contribution in [0.4, 0.5) is 0 Å². The predicted octanol–water partition coefficient (Wildman–Crippen LogP) is 3.61. The van der Waals surface area contributed by atoms with Gasteiger partial charge in [-0.15, -0.1) is 0 Å². The molecule has 4 saturated carbocycles. The fraction of sp³-hybridized carbons (Fsp3) is 0.840. The van der Waals surface area contributed by atoms with Crippen LogP contribution in [0.5, 0.6) is 0 Å². The van der Waals surface area contributed by atoms with Gasteiger partial charge in [0.1, 0.15) is 0 Å². The van der Waals surface area contributed by atoms with Crippen molar-refractivity contribution in [2.45, 2.75) is 63.8 Å². The van der Waals surface area contributed by atoms with E-state index in [0.29, 0.717) is 11.5 Å². The minimum atomic E-state index is 0.168. The minimum Gasteiger partial charge on any atom is -0.336 e. The molecule has 1 aromatic heterocycles. The summed E-state index contributed by atoms with van der Waals surface area (Å²) in [5.41, 5.74) is 3.88. The minimum absolute atomic E-state index is 0.168. The fourth-order valence-electron chi connectivity index (χ4n) is 8.38. The third-order valence-electron chi connectivity index (χ3n) is 9.30. The third-order valence-corrected chi connectivity index (χ3v) is 10.2. The van der Waals surface area contributed by atoms with Crippen molar-refractivity contribution in [3.8, 4) is 0 Å². The van der Waals surface area contributed by atoms with E-state index in [0.717, 1.165) is 60.9 Å². The van der Waals surface area contributed by atoms with Crippen molar-refractivity contribution in [3.05, 3.63) is 17.0 Å². The van der Waals surface area contributed by atoms with E-state index in [-0.39, 0.29) is 5.91 Å². The van der Waals surface area contributed by atoms with E-state index in [9.17, 15) is 4.79 Å². The summed E-state index contributed by atoms with van der Waals surface area (Å²) in [4.78, 5) is 18.0. The molecule has 1 saturated heterocycles. The van der Waals surface area contributed by atoms with E-state index in [1.807, 2.05) is 28.4 Å². The molecular weight excluding hydrogens is 404 g/mol. The highest BCUT2D eigenvalue weighted by atomic mass is 32.2. The van der Waals surface area contributed by atoms with Gasteiger partial charge in [-0.1, -0.05) is 0 Å². The molecule has 1 aliphatic heterocycles. The number of likely N-dealkylation sites (N-methyl/N-ethyl adjacent to an activating group) is 1. The Morgan fingerprint density at radius 2 is 1.77 bits per heavy atom. The van der Waals surface area contributed by atoms with Crippen LogP contribution in [0.1, 0.15) is 66.7 Å². The molecule has 170 valence electrons. The van der Waals surface area contributed by atoms with Gasteiger partial charge in [0.2, 0.25) is 0 Å². The largest absolute Gasteiger partial charge is 0.336 e. The molecule has 5 fully saturated rings. The molecule has 0 spiro atoms. The summed E-state index contributed by atoms with van der Waals surface area (Å²) in [7, 11) is 4.40. The van der Waals surface area contributed by atoms with Gasteiger partial charge in [-0.3, -0.25) is 9.48 Å². The van der Waals surface area contributed by atoms with Crippen molar-refractivity contribution >= 4 is 17.7 Å². The quantitative estimate of drug-likeness (QED) is 0.714. The maximum absolute atomic E-state index is 13.3. The van der Waals surface area contributed by atoms with Gasteiger partial charge in [0, 0.05) is 55.5 Å². The maximum Gasteiger partial charge on any atom is 0.274 e. The summed E-state index contributed by atoms with van der Waals surface area (Å²) in [6.45, 7) is 3.00. The van der Waals surface area contributed by atoms with E-state index in [1.54, 1.807) is 0 Å². The number of amides is 1. The average Bonchev–Trinajstić information content (AvgIpc) is 3.08. The van der Waals surface area contributed by atoms with E-state index in [4.69, 9.17) is 5.10 Å². The lowest BCUT2D eigenvalue weighted by Crippen LogP contribution is -2.52. The molecule has 1 aromatic rings. The first-order valence-electron chi connectivity index (χ1n) is 12.6. The van der Waals surface area contributed by atoms with Crippen LogP contribution in [-0.2, 0) is 19.9 Å². The number of thioether (sulfide) groups is 1. The number of carbonyl (C=O) groups is 1. The number of rotatable bonds is 4. The van der Waals surface area contributed by atoms with Crippen molar-refractivity contribution in [2.75, 3.05) is 38.2 Å². The Kier molecular flexibility index (Phi) is 5.17. The highest BCUT2D eigenvalue weighted by molar-refractivity contribution is 7.99. The Labute approximate surface area is 191 Å². The molecule has 6 aliphatic rings. The molecule has 1 unspecified atom stereocenters. The summed E-state index contributed by atoms with van der Waals surface area (Å²) in [6, 6.07) is 0.549. The van der Waals surface area contributed by atoms with Gasteiger partial charge in [-0.05, 0) is 88.0 Å². The highest BCUT2D eigenvalue weighted by Gasteiger charge is 2.51. The number of hydrogen-bond donors (Lipinski definition) is 0. The summed E-state index contributed by atoms with van der Waals surface area (Å²) >= 11 is 1.95. The van der Waals surface area contributed by atoms with Crippen LogP contribution < -0.4 is 0 Å². The molecule has 5 nitrogen and oxygen atoms in total. The number of hydrogen-bond acceptors (Lipinski definition) is 4. The predicted molar refractivity (Wildman–Crippen MR) is 125 cm³/mol. The van der Waals surface area contributed by atoms with Gasteiger partial charge >= 0.3 is 0 Å². The normalized spacial score (nSPS) is 36.8. The zero-order valence-corrected chi connectivity index (χ0v) is 20.1. The van der Waals surface area contributed by atoms with Crippen LogP contribution >= 0.6 is 11.8 Å². The molecular formula is C25H38N4OS. The molecule has 5 aliphatic carbocycles. The van der Waals surface area contributed by atoms with E-state index in [1.165, 1.54) is 62.7 Å². The molecule has 0 radical (unpaired) electrons. The van der Waals surface area contributed by atoms with Gasteiger partial charge < -0.3 is 9.80 Å². The molecule has 1 atom stereocenters. The lowest BCUT2D eigenvalue weighted by Gasteiger charge is -2.58. The maximum atomic E-state index is 13.3. The second kappa shape index (κ2) is 7.79. The number of nitrogens with zero attached hydrogens (tertiary/aromatic N) is 4. The Bertz CT molecular complexity index is 823. The standard InChI is InChI=1S/C25H38N4OS/c1-27(16-25-13-17-9-18(14-25)11-19(10-17)15-25)20-3-4-22-21(12-20)23(26-28(22)2)24(30)29-5-7-31-8-6-29/h17-20H,3-16H2,1-2H3. The fourth-order valence-corrected chi connectivity index (χ4v) is 9.28. The second-order valence-corrected chi connectivity index (χ2v) is 12.8. The zero-order chi connectivity index (χ0) is 21.2. The second-order valence-electron chi connectivity index (χ2n) is 11.5. The van der Waals surface area contributed by atoms with Gasteiger partial charge in [0.25, 0.3) is 5.91 Å². The van der Waals surface area contributed by atoms with Crippen LogP contribution in [0.15, 0.2) is 0 Å². The SMILES string of the molecule is CN(CC12CC3CC(CC(C3)C1)C2)C1CCc2c(c(C(=O)N3CCSCC3)nn2C)C1. The van der Waals surface area contributed by atoms with Crippen LogP contribution in [0, 0.1) is 23.2 Å². The first kappa shape index (κ1) is 20.6. The summed E-state index contributed by atoms with van der Waals surface area (Å²) in [5, 5.41) is 4.74. The summed E-state index contributed by atoms with van der Waals surface area (Å²) in [5.74, 6) is 5.32. The van der Waals surface area contributed by atoms with Gasteiger partial charge in [-0.25, -0.2) is 0 Å². The molecule has 31 heavy (non-hydrogen) atoms. The molecule has 0 N–H and O–H groups in total. The first-order valence-corrected chi connectivity index (χ1v) is 13.8. The Hall–Kier alpha value is -1.01. The molecule has 4 bridgehead atoms. The van der Waals surface area contributed by atoms with Crippen molar-refractivity contribution in [1.29, 1.82) is 0 Å². The summed E-state index contributed by atoms with van der Waals surface area (Å²) in [6.07, 6.45) is 12.2. The van der Waals surface area contributed by atoms with Crippen molar-refractivity contribution < 1.29 is 4.79 Å². The van der Waals surface area contributed by atoms with Crippen LogP contribution in [-0.4, -0.2) is 69.7 Å². The first-order chi connectivity index (χ1) is 15.0. The lowest BCUT2D eigenvalue weighted by atomic mass is 9.49. The monoisotopic (exact) mass is 442 g/mol. The van der Waals surface area contributed by atoms with Crippen LogP contribution in [0.3, 0.4) is 0 Å². The van der Waals surface area contributed by atoms with E-state index >= 15 is 0 Å². The Balaban J connectivity index is 1.18. The van der Waals surface area contributed by atoms with E-state index in [2.05, 4.69) is 11.9 Å². The third kappa shape index (κ3) is 3.66. The van der Waals surface area contributed by atoms with Crippen molar-refractivity contribution in [1.82, 2.24) is 19.6 Å². The van der Waals surface area contributed by atoms with Crippen LogP contribution in [0.25, 0.3) is 0 Å². The van der Waals surface area contributed by atoms with Crippen LogP contribution in [0.2, 0.25) is 0 Å². The highest BCUT2D eigenvalue weighted by Crippen LogP contribution is 2.60. The number of fused-ring (bicyclic) bond motifs is 1. The number of aromatic nitrogens is 2. The lowest BCUT2D eigenvalue weighted by molar-refractivity contribution is -0.0712. The van der Waals surface area contributed by atoms with E-state index < -0.39 is 0 Å². The number of aryl methyl sites for hydroxylation is 1. The average molecular weight is 443 g/mol. The molecule has 7 rings (SSSR count). The molecule has 6 heteroatoms. The number of carbonyl (C=O) groups excluding carboxylic acids is 1. The molecule has 1 amide bonds. The summed E-state index contributed by atoms with van der Waals surface area (Å²) < 4.78 is 2.00. The smallest absolute Gasteiger partial charge is 0.274 e. The van der Waals surface area contributed by atoms with Gasteiger partial charge in [0.15, 0.2) is 5.69 Å². The van der Waals surface area contributed by atoms with Gasteiger partial charge in [0.05, 0.1) is 0 Å². The zero-order valence-electron chi connectivity index (χ0n) is 19.3. The molecule has 0 aromatic carbocycles. The Morgan fingerprint density at radius 1 is 1.13 bits per heavy atom. The molecule has 2 heterocycles.